The second kappa shape index (κ2) is 47.8. The smallest absolute Gasteiger partial charge is 0.305 e. The topological polar surface area (TPSA) is 95.9 Å². The Hall–Kier alpha value is -1.92. The summed E-state index contributed by atoms with van der Waals surface area (Å²) in [5.74, 6) is -0.148. The van der Waals surface area contributed by atoms with Crippen LogP contribution < -0.4 is 5.32 Å². The molecule has 0 aromatic carbocycles. The molecule has 0 fully saturated rings. The van der Waals surface area contributed by atoms with Crippen LogP contribution in [0.4, 0.5) is 0 Å². The molecule has 0 aliphatic heterocycles. The van der Waals surface area contributed by atoms with Gasteiger partial charge in [0.25, 0.3) is 0 Å². The van der Waals surface area contributed by atoms with Gasteiger partial charge in [0.15, 0.2) is 0 Å². The monoisotopic (exact) mass is 816 g/mol. The summed E-state index contributed by atoms with van der Waals surface area (Å²) in [6.07, 6.45) is 56.9. The van der Waals surface area contributed by atoms with E-state index < -0.39 is 12.1 Å². The zero-order valence-electron chi connectivity index (χ0n) is 38.5. The summed E-state index contributed by atoms with van der Waals surface area (Å²) in [6, 6.07) is -0.581. The molecule has 6 nitrogen and oxygen atoms in total. The molecule has 0 radical (unpaired) electrons. The minimum atomic E-state index is -0.697. The summed E-state index contributed by atoms with van der Waals surface area (Å²) < 4.78 is 5.42. The number of amides is 1. The largest absolute Gasteiger partial charge is 0.466 e. The Morgan fingerprint density at radius 3 is 1.43 bits per heavy atom. The third-order valence-corrected chi connectivity index (χ3v) is 11.4. The van der Waals surface area contributed by atoms with E-state index in [-0.39, 0.29) is 18.5 Å². The number of unbranched alkanes of at least 4 members (excludes halogenated alkanes) is 29. The van der Waals surface area contributed by atoms with Crippen LogP contribution in [0.15, 0.2) is 36.5 Å². The zero-order chi connectivity index (χ0) is 42.3. The third-order valence-electron chi connectivity index (χ3n) is 11.4. The Balaban J connectivity index is 3.56. The molecule has 0 spiro atoms. The van der Waals surface area contributed by atoms with Crippen molar-refractivity contribution in [2.24, 2.45) is 0 Å². The number of hydrogen-bond acceptors (Lipinski definition) is 5. The fourth-order valence-electron chi connectivity index (χ4n) is 7.50. The average Bonchev–Trinajstić information content (AvgIpc) is 3.22. The zero-order valence-corrected chi connectivity index (χ0v) is 38.5. The van der Waals surface area contributed by atoms with E-state index in [2.05, 4.69) is 55.6 Å². The van der Waals surface area contributed by atoms with Crippen molar-refractivity contribution in [1.29, 1.82) is 0 Å². The van der Waals surface area contributed by atoms with Crippen LogP contribution in [0.1, 0.15) is 258 Å². The molecule has 1 amide bonds. The van der Waals surface area contributed by atoms with Gasteiger partial charge in [-0.3, -0.25) is 9.59 Å². The highest BCUT2D eigenvalue weighted by atomic mass is 16.5. The van der Waals surface area contributed by atoms with Crippen molar-refractivity contribution >= 4 is 11.9 Å². The molecule has 0 aliphatic carbocycles. The van der Waals surface area contributed by atoms with E-state index in [4.69, 9.17) is 4.74 Å². The molecule has 6 heteroatoms. The highest BCUT2D eigenvalue weighted by Gasteiger charge is 2.20. The quantitative estimate of drug-likeness (QED) is 0.0323. The van der Waals surface area contributed by atoms with Crippen molar-refractivity contribution in [3.05, 3.63) is 36.5 Å². The molecular weight excluding hydrogens is 719 g/mol. The van der Waals surface area contributed by atoms with E-state index in [1.54, 1.807) is 0 Å². The molecule has 0 saturated carbocycles. The van der Waals surface area contributed by atoms with Gasteiger partial charge in [-0.1, -0.05) is 211 Å². The van der Waals surface area contributed by atoms with Crippen molar-refractivity contribution in [2.75, 3.05) is 13.2 Å². The first-order chi connectivity index (χ1) is 28.5. The van der Waals surface area contributed by atoms with Gasteiger partial charge in [-0.25, -0.2) is 0 Å². The fourth-order valence-corrected chi connectivity index (χ4v) is 7.50. The number of nitrogens with one attached hydrogen (secondary N) is 1. The van der Waals surface area contributed by atoms with Crippen LogP contribution >= 0.6 is 0 Å². The van der Waals surface area contributed by atoms with Crippen LogP contribution in [0.3, 0.4) is 0 Å². The van der Waals surface area contributed by atoms with Crippen molar-refractivity contribution in [2.45, 2.75) is 270 Å². The maximum Gasteiger partial charge on any atom is 0.305 e. The van der Waals surface area contributed by atoms with E-state index in [0.29, 0.717) is 25.9 Å². The van der Waals surface area contributed by atoms with Crippen LogP contribution in [0.25, 0.3) is 0 Å². The number of carbonyl (C=O) groups is 2. The van der Waals surface area contributed by atoms with Crippen molar-refractivity contribution in [3.63, 3.8) is 0 Å². The molecule has 340 valence electrons. The Bertz CT molecular complexity index is 946. The minimum Gasteiger partial charge on any atom is -0.466 e. The molecule has 0 rings (SSSR count). The SMILES string of the molecule is CCC/C=C\C/C=C\CCCCCCCC(=O)OCCCCCC/C=C\CCCC(=O)NC(CO)C(O)CCCCCCCCCCCCCCCCCCCCC. The Labute approximate surface area is 360 Å². The van der Waals surface area contributed by atoms with Gasteiger partial charge in [0.05, 0.1) is 25.4 Å². The Kier molecular flexibility index (Phi) is 46.2. The van der Waals surface area contributed by atoms with Crippen LogP contribution in [0, 0.1) is 0 Å². The van der Waals surface area contributed by atoms with E-state index in [1.807, 2.05) is 0 Å². The number of hydrogen-bond donors (Lipinski definition) is 3. The van der Waals surface area contributed by atoms with Gasteiger partial charge in [0, 0.05) is 12.8 Å². The molecule has 0 bridgehead atoms. The van der Waals surface area contributed by atoms with E-state index in [9.17, 15) is 19.8 Å². The number of rotatable bonds is 46. The molecule has 0 aliphatic rings. The minimum absolute atomic E-state index is 0.0511. The van der Waals surface area contributed by atoms with Crippen LogP contribution in [-0.2, 0) is 14.3 Å². The van der Waals surface area contributed by atoms with Gasteiger partial charge in [0.2, 0.25) is 5.91 Å². The van der Waals surface area contributed by atoms with Crippen LogP contribution in [-0.4, -0.2) is 47.4 Å². The van der Waals surface area contributed by atoms with Gasteiger partial charge < -0.3 is 20.3 Å². The number of aliphatic hydroxyl groups excluding tert-OH is 2. The van der Waals surface area contributed by atoms with Crippen LogP contribution in [0.5, 0.6) is 0 Å². The fraction of sp³-hybridized carbons (Fsp3) is 0.846. The average molecular weight is 816 g/mol. The first kappa shape index (κ1) is 56.1. The number of aliphatic hydroxyl groups is 2. The standard InChI is InChI=1S/C52H97NO5/c1-3-5-7-9-11-13-15-17-18-19-20-21-22-24-25-28-32-36-40-44-50(55)49(48-54)53-51(56)45-41-37-33-29-27-31-35-39-43-47-58-52(57)46-42-38-34-30-26-23-16-14-12-10-8-6-4-2/h8,10,14,16,29,33,49-50,54-55H,3-7,9,11-13,15,17-28,30-32,34-48H2,1-2H3,(H,53,56)/b10-8-,16-14-,33-29-. The molecule has 2 atom stereocenters. The first-order valence-corrected chi connectivity index (χ1v) is 25.2. The molecule has 3 N–H and O–H groups in total. The third kappa shape index (κ3) is 43.7. The summed E-state index contributed by atoms with van der Waals surface area (Å²) in [5, 5.41) is 23.2. The lowest BCUT2D eigenvalue weighted by molar-refractivity contribution is -0.143. The van der Waals surface area contributed by atoms with Crippen molar-refractivity contribution < 1.29 is 24.5 Å². The van der Waals surface area contributed by atoms with Gasteiger partial charge in [0.1, 0.15) is 0 Å². The predicted octanol–water partition coefficient (Wildman–Crippen LogP) is 14.9. The normalized spacial score (nSPS) is 13.0. The number of esters is 1. The Morgan fingerprint density at radius 1 is 0.483 bits per heavy atom. The number of ether oxygens (including phenoxy) is 1. The van der Waals surface area contributed by atoms with Gasteiger partial charge in [-0.15, -0.1) is 0 Å². The molecule has 0 aromatic heterocycles. The van der Waals surface area contributed by atoms with Crippen molar-refractivity contribution in [1.82, 2.24) is 5.32 Å². The lowest BCUT2D eigenvalue weighted by atomic mass is 10.0. The van der Waals surface area contributed by atoms with Crippen LogP contribution in [0.2, 0.25) is 0 Å². The summed E-state index contributed by atoms with van der Waals surface area (Å²) in [6.45, 7) is 4.79. The van der Waals surface area contributed by atoms with Crippen molar-refractivity contribution in [3.8, 4) is 0 Å². The second-order valence-electron chi connectivity index (χ2n) is 17.1. The maximum absolute atomic E-state index is 12.4. The number of allylic oxidation sites excluding steroid dienone is 6. The van der Waals surface area contributed by atoms with E-state index in [1.165, 1.54) is 141 Å². The highest BCUT2D eigenvalue weighted by molar-refractivity contribution is 5.76. The molecule has 0 heterocycles. The van der Waals surface area contributed by atoms with E-state index in [0.717, 1.165) is 83.5 Å². The maximum atomic E-state index is 12.4. The van der Waals surface area contributed by atoms with E-state index >= 15 is 0 Å². The van der Waals surface area contributed by atoms with Gasteiger partial charge in [-0.05, 0) is 70.6 Å². The lowest BCUT2D eigenvalue weighted by Crippen LogP contribution is -2.45. The summed E-state index contributed by atoms with van der Waals surface area (Å²) in [4.78, 5) is 24.4. The summed E-state index contributed by atoms with van der Waals surface area (Å²) in [7, 11) is 0. The molecule has 0 aromatic rings. The first-order valence-electron chi connectivity index (χ1n) is 25.2. The second-order valence-corrected chi connectivity index (χ2v) is 17.1. The highest BCUT2D eigenvalue weighted by Crippen LogP contribution is 2.16. The molecule has 2 unspecified atom stereocenters. The lowest BCUT2D eigenvalue weighted by Gasteiger charge is -2.22. The molecular formula is C52H97NO5. The molecule has 0 saturated heterocycles. The number of carbonyl (C=O) groups excluding carboxylic acids is 2. The summed E-state index contributed by atoms with van der Waals surface area (Å²) >= 11 is 0. The van der Waals surface area contributed by atoms with Gasteiger partial charge >= 0.3 is 5.97 Å². The predicted molar refractivity (Wildman–Crippen MR) is 250 cm³/mol. The molecule has 58 heavy (non-hydrogen) atoms. The Morgan fingerprint density at radius 2 is 0.914 bits per heavy atom. The van der Waals surface area contributed by atoms with Gasteiger partial charge in [-0.2, -0.15) is 0 Å². The summed E-state index contributed by atoms with van der Waals surface area (Å²) in [5.41, 5.74) is 0.